The molecule has 2 heterocycles. The lowest BCUT2D eigenvalue weighted by Crippen LogP contribution is -2.38. The molecule has 2 aromatic rings. The number of benzene rings is 1. The standard InChI is InChI=1S/C17H17N3O4/c21-12-13-1-3-15(4-2-13)24-16-6-9-19(10-7-16)17-11-14(20(22)23)5-8-18-17/h1-5,8,11-12,16H,6-7,9-10H2. The first-order valence-corrected chi connectivity index (χ1v) is 7.73. The van der Waals surface area contributed by atoms with Crippen LogP contribution in [0.1, 0.15) is 23.2 Å². The minimum Gasteiger partial charge on any atom is -0.490 e. The van der Waals surface area contributed by atoms with Gasteiger partial charge >= 0.3 is 0 Å². The van der Waals surface area contributed by atoms with Crippen molar-refractivity contribution in [2.45, 2.75) is 18.9 Å². The van der Waals surface area contributed by atoms with E-state index in [0.29, 0.717) is 11.4 Å². The van der Waals surface area contributed by atoms with Gasteiger partial charge in [0.15, 0.2) is 0 Å². The molecule has 24 heavy (non-hydrogen) atoms. The van der Waals surface area contributed by atoms with Crippen LogP contribution in [0.4, 0.5) is 11.5 Å². The van der Waals surface area contributed by atoms with E-state index in [1.165, 1.54) is 18.3 Å². The Morgan fingerprint density at radius 2 is 1.92 bits per heavy atom. The highest BCUT2D eigenvalue weighted by Gasteiger charge is 2.22. The summed E-state index contributed by atoms with van der Waals surface area (Å²) in [5, 5.41) is 10.9. The molecule has 124 valence electrons. The SMILES string of the molecule is O=Cc1ccc(OC2CCN(c3cc([N+](=O)[O-])ccn3)CC2)cc1. The molecular weight excluding hydrogens is 310 g/mol. The fourth-order valence-corrected chi connectivity index (χ4v) is 2.71. The minimum absolute atomic E-state index is 0.0497. The third-order valence-electron chi connectivity index (χ3n) is 4.02. The fraction of sp³-hybridized carbons (Fsp3) is 0.294. The molecule has 0 amide bonds. The van der Waals surface area contributed by atoms with Crippen molar-refractivity contribution in [3.8, 4) is 5.75 Å². The molecule has 0 radical (unpaired) electrons. The number of aromatic nitrogens is 1. The zero-order valence-electron chi connectivity index (χ0n) is 13.0. The van der Waals surface area contributed by atoms with Gasteiger partial charge in [0.05, 0.1) is 11.0 Å². The number of rotatable bonds is 5. The van der Waals surface area contributed by atoms with Crippen molar-refractivity contribution < 1.29 is 14.5 Å². The Kier molecular flexibility index (Phi) is 4.69. The number of nitrogens with zero attached hydrogens (tertiary/aromatic N) is 3. The van der Waals surface area contributed by atoms with Crippen LogP contribution in [0.2, 0.25) is 0 Å². The van der Waals surface area contributed by atoms with E-state index < -0.39 is 4.92 Å². The largest absolute Gasteiger partial charge is 0.490 e. The van der Waals surface area contributed by atoms with Gasteiger partial charge in [-0.3, -0.25) is 14.9 Å². The third kappa shape index (κ3) is 3.68. The summed E-state index contributed by atoms with van der Waals surface area (Å²) < 4.78 is 5.93. The number of hydrogen-bond acceptors (Lipinski definition) is 6. The van der Waals surface area contributed by atoms with E-state index in [9.17, 15) is 14.9 Å². The molecule has 0 bridgehead atoms. The highest BCUT2D eigenvalue weighted by atomic mass is 16.6. The molecule has 1 aromatic heterocycles. The number of aldehydes is 1. The molecule has 1 fully saturated rings. The van der Waals surface area contributed by atoms with Crippen molar-refractivity contribution in [2.75, 3.05) is 18.0 Å². The molecule has 0 aliphatic carbocycles. The number of anilines is 1. The highest BCUT2D eigenvalue weighted by Crippen LogP contribution is 2.24. The first-order chi connectivity index (χ1) is 11.7. The second-order valence-corrected chi connectivity index (χ2v) is 5.62. The van der Waals surface area contributed by atoms with Gasteiger partial charge in [-0.1, -0.05) is 0 Å². The average Bonchev–Trinajstić information content (AvgIpc) is 2.63. The van der Waals surface area contributed by atoms with Crippen molar-refractivity contribution in [1.82, 2.24) is 4.98 Å². The molecule has 1 aromatic carbocycles. The molecule has 0 unspecified atom stereocenters. The predicted molar refractivity (Wildman–Crippen MR) is 88.6 cm³/mol. The van der Waals surface area contributed by atoms with Crippen LogP contribution < -0.4 is 9.64 Å². The van der Waals surface area contributed by atoms with Gasteiger partial charge in [-0.2, -0.15) is 0 Å². The summed E-state index contributed by atoms with van der Waals surface area (Å²) >= 11 is 0. The van der Waals surface area contributed by atoms with Crippen LogP contribution in [0.5, 0.6) is 5.75 Å². The van der Waals surface area contributed by atoms with Gasteiger partial charge in [-0.25, -0.2) is 4.98 Å². The van der Waals surface area contributed by atoms with Crippen LogP contribution >= 0.6 is 0 Å². The second kappa shape index (κ2) is 7.08. The van der Waals surface area contributed by atoms with Crippen LogP contribution in [0.15, 0.2) is 42.6 Å². The molecule has 1 saturated heterocycles. The Labute approximate surface area is 139 Å². The Morgan fingerprint density at radius 3 is 2.54 bits per heavy atom. The maximum absolute atomic E-state index is 10.9. The summed E-state index contributed by atoms with van der Waals surface area (Å²) in [4.78, 5) is 27.3. The lowest BCUT2D eigenvalue weighted by molar-refractivity contribution is -0.384. The fourth-order valence-electron chi connectivity index (χ4n) is 2.71. The van der Waals surface area contributed by atoms with Crippen LogP contribution in [0, 0.1) is 10.1 Å². The maximum atomic E-state index is 10.9. The number of piperidine rings is 1. The summed E-state index contributed by atoms with van der Waals surface area (Å²) in [5.41, 5.74) is 0.669. The van der Waals surface area contributed by atoms with Gasteiger partial charge in [0.1, 0.15) is 24.0 Å². The number of ether oxygens (including phenoxy) is 1. The first kappa shape index (κ1) is 15.9. The molecule has 7 nitrogen and oxygen atoms in total. The first-order valence-electron chi connectivity index (χ1n) is 7.73. The smallest absolute Gasteiger partial charge is 0.274 e. The number of carbonyl (C=O) groups is 1. The third-order valence-corrected chi connectivity index (χ3v) is 4.02. The summed E-state index contributed by atoms with van der Waals surface area (Å²) in [6.45, 7) is 1.45. The molecule has 0 spiro atoms. The van der Waals surface area contributed by atoms with E-state index >= 15 is 0 Å². The molecule has 3 rings (SSSR count). The Bertz CT molecular complexity index is 725. The number of nitro groups is 1. The Morgan fingerprint density at radius 1 is 1.21 bits per heavy atom. The molecular formula is C17H17N3O4. The van der Waals surface area contributed by atoms with E-state index in [1.807, 2.05) is 4.90 Å². The summed E-state index contributed by atoms with van der Waals surface area (Å²) in [6, 6.07) is 9.92. The van der Waals surface area contributed by atoms with Gasteiger partial charge in [-0.15, -0.1) is 0 Å². The van der Waals surface area contributed by atoms with Crippen LogP contribution in [0.3, 0.4) is 0 Å². The van der Waals surface area contributed by atoms with E-state index in [1.54, 1.807) is 24.3 Å². The lowest BCUT2D eigenvalue weighted by Gasteiger charge is -2.32. The monoisotopic (exact) mass is 327 g/mol. The molecule has 0 atom stereocenters. The van der Waals surface area contributed by atoms with Gasteiger partial charge in [0, 0.05) is 43.8 Å². The van der Waals surface area contributed by atoms with E-state index in [-0.39, 0.29) is 11.8 Å². The molecule has 7 heteroatoms. The summed E-state index contributed by atoms with van der Waals surface area (Å²) in [6.07, 6.45) is 3.96. The number of hydrogen-bond donors (Lipinski definition) is 0. The zero-order chi connectivity index (χ0) is 16.9. The Balaban J connectivity index is 1.58. The van der Waals surface area contributed by atoms with Crippen molar-refractivity contribution in [2.24, 2.45) is 0 Å². The van der Waals surface area contributed by atoms with Crippen molar-refractivity contribution in [1.29, 1.82) is 0 Å². The van der Waals surface area contributed by atoms with Gasteiger partial charge < -0.3 is 9.64 Å². The van der Waals surface area contributed by atoms with E-state index in [0.717, 1.165) is 38.0 Å². The van der Waals surface area contributed by atoms with Crippen molar-refractivity contribution in [3.05, 3.63) is 58.3 Å². The number of carbonyl (C=O) groups excluding carboxylic acids is 1. The van der Waals surface area contributed by atoms with Crippen LogP contribution in [0.25, 0.3) is 0 Å². The minimum atomic E-state index is -0.413. The van der Waals surface area contributed by atoms with E-state index in [4.69, 9.17) is 4.74 Å². The molecule has 1 aliphatic heterocycles. The quantitative estimate of drug-likeness (QED) is 0.477. The van der Waals surface area contributed by atoms with Crippen LogP contribution in [-0.2, 0) is 0 Å². The maximum Gasteiger partial charge on any atom is 0.274 e. The molecule has 1 aliphatic rings. The average molecular weight is 327 g/mol. The number of pyridine rings is 1. The lowest BCUT2D eigenvalue weighted by atomic mass is 10.1. The van der Waals surface area contributed by atoms with E-state index in [2.05, 4.69) is 4.98 Å². The van der Waals surface area contributed by atoms with Crippen molar-refractivity contribution in [3.63, 3.8) is 0 Å². The molecule has 0 saturated carbocycles. The van der Waals surface area contributed by atoms with Crippen LogP contribution in [-0.4, -0.2) is 35.4 Å². The zero-order valence-corrected chi connectivity index (χ0v) is 13.0. The topological polar surface area (TPSA) is 85.6 Å². The molecule has 0 N–H and O–H groups in total. The highest BCUT2D eigenvalue weighted by molar-refractivity contribution is 5.74. The summed E-state index contributed by atoms with van der Waals surface area (Å²) in [7, 11) is 0. The second-order valence-electron chi connectivity index (χ2n) is 5.62. The Hall–Kier alpha value is -2.96. The van der Waals surface area contributed by atoms with Gasteiger partial charge in [0.25, 0.3) is 5.69 Å². The normalized spacial score (nSPS) is 15.1. The predicted octanol–water partition coefficient (Wildman–Crippen LogP) is 2.85. The van der Waals surface area contributed by atoms with Crippen molar-refractivity contribution >= 4 is 17.8 Å². The van der Waals surface area contributed by atoms with Gasteiger partial charge in [0.2, 0.25) is 0 Å². The van der Waals surface area contributed by atoms with Gasteiger partial charge in [-0.05, 0) is 24.3 Å². The summed E-state index contributed by atoms with van der Waals surface area (Å²) in [5.74, 6) is 1.37.